The average Bonchev–Trinajstić information content (AvgIpc) is 2.94. The Morgan fingerprint density at radius 2 is 2.12 bits per heavy atom. The van der Waals surface area contributed by atoms with Gasteiger partial charge in [0.1, 0.15) is 11.6 Å². The van der Waals surface area contributed by atoms with Crippen molar-refractivity contribution < 1.29 is 23.9 Å². The lowest BCUT2D eigenvalue weighted by Gasteiger charge is -2.09. The van der Waals surface area contributed by atoms with E-state index in [1.54, 1.807) is 6.07 Å². The molecule has 0 aliphatic heterocycles. The van der Waals surface area contributed by atoms with E-state index in [4.69, 9.17) is 9.94 Å². The number of carbonyl (C=O) groups excluding carboxylic acids is 2. The van der Waals surface area contributed by atoms with Crippen molar-refractivity contribution in [2.24, 2.45) is 0 Å². The fraction of sp³-hybridized carbons (Fsp3) is 0.200. The fourth-order valence-electron chi connectivity index (χ4n) is 1.86. The minimum Gasteiger partial charge on any atom is -0.394 e. The first-order chi connectivity index (χ1) is 11.4. The van der Waals surface area contributed by atoms with Gasteiger partial charge in [-0.1, -0.05) is 0 Å². The van der Waals surface area contributed by atoms with Crippen molar-refractivity contribution in [3.63, 3.8) is 0 Å². The van der Waals surface area contributed by atoms with E-state index in [1.807, 2.05) is 22.6 Å². The first-order valence-corrected chi connectivity index (χ1v) is 7.99. The number of aliphatic hydroxyl groups is 1. The van der Waals surface area contributed by atoms with E-state index in [0.717, 1.165) is 3.57 Å². The van der Waals surface area contributed by atoms with Crippen molar-refractivity contribution in [2.75, 3.05) is 18.5 Å². The summed E-state index contributed by atoms with van der Waals surface area (Å²) in [5.74, 6) is -1.26. The van der Waals surface area contributed by atoms with Gasteiger partial charge in [-0.05, 0) is 46.9 Å². The SMILES string of the molecule is CC(=O)c1cc(C(=O)NOCCO)c(Nc2ccc(I)cc2F)[nH]1. The van der Waals surface area contributed by atoms with Gasteiger partial charge in [0.15, 0.2) is 5.78 Å². The quantitative estimate of drug-likeness (QED) is 0.226. The summed E-state index contributed by atoms with van der Waals surface area (Å²) in [6.07, 6.45) is 0. The zero-order valence-electron chi connectivity index (χ0n) is 12.7. The normalized spacial score (nSPS) is 10.5. The van der Waals surface area contributed by atoms with Gasteiger partial charge in [0.05, 0.1) is 30.2 Å². The highest BCUT2D eigenvalue weighted by Crippen LogP contribution is 2.25. The number of amides is 1. The van der Waals surface area contributed by atoms with Crippen LogP contribution in [0.4, 0.5) is 15.9 Å². The zero-order valence-corrected chi connectivity index (χ0v) is 14.8. The molecule has 0 fully saturated rings. The van der Waals surface area contributed by atoms with Gasteiger partial charge < -0.3 is 15.4 Å². The molecule has 1 aromatic carbocycles. The predicted octanol–water partition coefficient (Wildman–Crippen LogP) is 2.36. The van der Waals surface area contributed by atoms with Gasteiger partial charge in [-0.2, -0.15) is 0 Å². The molecular weight excluding hydrogens is 432 g/mol. The minimum atomic E-state index is -0.638. The number of aliphatic hydroxyl groups excluding tert-OH is 1. The first kappa shape index (κ1) is 18.4. The molecule has 24 heavy (non-hydrogen) atoms. The molecule has 0 aliphatic rings. The van der Waals surface area contributed by atoms with Crippen LogP contribution < -0.4 is 10.8 Å². The van der Waals surface area contributed by atoms with Crippen LogP contribution >= 0.6 is 22.6 Å². The van der Waals surface area contributed by atoms with Gasteiger partial charge in [-0.15, -0.1) is 0 Å². The van der Waals surface area contributed by atoms with Crippen molar-refractivity contribution in [1.82, 2.24) is 10.5 Å². The molecule has 0 atom stereocenters. The molecule has 0 unspecified atom stereocenters. The van der Waals surface area contributed by atoms with Crippen LogP contribution in [0.1, 0.15) is 27.8 Å². The lowest BCUT2D eigenvalue weighted by atomic mass is 10.2. The number of nitrogens with one attached hydrogen (secondary N) is 3. The summed E-state index contributed by atoms with van der Waals surface area (Å²) in [6.45, 7) is 1.00. The number of hydrogen-bond acceptors (Lipinski definition) is 5. The monoisotopic (exact) mass is 447 g/mol. The Hall–Kier alpha value is -1.98. The number of halogens is 2. The number of rotatable bonds is 7. The summed E-state index contributed by atoms with van der Waals surface area (Å²) in [4.78, 5) is 31.2. The van der Waals surface area contributed by atoms with Crippen LogP contribution in [-0.4, -0.2) is 35.0 Å². The van der Waals surface area contributed by atoms with Gasteiger partial charge in [0, 0.05) is 10.5 Å². The number of aromatic nitrogens is 1. The Bertz CT molecular complexity index is 763. The maximum Gasteiger partial charge on any atom is 0.278 e. The average molecular weight is 447 g/mol. The van der Waals surface area contributed by atoms with E-state index in [1.165, 1.54) is 25.1 Å². The molecule has 0 saturated heterocycles. The molecule has 2 aromatic rings. The van der Waals surface area contributed by atoms with Crippen LogP contribution in [0, 0.1) is 9.39 Å². The van der Waals surface area contributed by atoms with Crippen molar-refractivity contribution >= 4 is 45.8 Å². The maximum absolute atomic E-state index is 14.0. The van der Waals surface area contributed by atoms with Gasteiger partial charge in [-0.3, -0.25) is 14.4 Å². The Morgan fingerprint density at radius 1 is 1.38 bits per heavy atom. The summed E-state index contributed by atoms with van der Waals surface area (Å²) in [6, 6.07) is 5.90. The maximum atomic E-state index is 14.0. The summed E-state index contributed by atoms with van der Waals surface area (Å²) >= 11 is 1.98. The third-order valence-corrected chi connectivity index (χ3v) is 3.66. The molecule has 1 heterocycles. The van der Waals surface area contributed by atoms with Crippen LogP contribution in [0.3, 0.4) is 0 Å². The second-order valence-corrected chi connectivity index (χ2v) is 6.03. The van der Waals surface area contributed by atoms with Crippen LogP contribution in [0.2, 0.25) is 0 Å². The van der Waals surface area contributed by atoms with E-state index in [2.05, 4.69) is 15.8 Å². The lowest BCUT2D eigenvalue weighted by Crippen LogP contribution is -2.25. The number of H-pyrrole nitrogens is 1. The molecule has 1 amide bonds. The molecule has 0 bridgehead atoms. The molecular formula is C15H15FIN3O4. The molecule has 9 heteroatoms. The third-order valence-electron chi connectivity index (χ3n) is 2.99. The molecule has 1 aromatic heterocycles. The molecule has 0 radical (unpaired) electrons. The highest BCUT2D eigenvalue weighted by atomic mass is 127. The molecule has 0 spiro atoms. The predicted molar refractivity (Wildman–Crippen MR) is 93.7 cm³/mol. The third kappa shape index (κ3) is 4.52. The van der Waals surface area contributed by atoms with Crippen LogP contribution in [0.5, 0.6) is 0 Å². The van der Waals surface area contributed by atoms with Gasteiger partial charge in [0.2, 0.25) is 0 Å². The number of hydrogen-bond donors (Lipinski definition) is 4. The van der Waals surface area contributed by atoms with E-state index in [9.17, 15) is 14.0 Å². The summed E-state index contributed by atoms with van der Waals surface area (Å²) in [5.41, 5.74) is 2.56. The van der Waals surface area contributed by atoms with Crippen LogP contribution in [0.15, 0.2) is 24.3 Å². The number of carbonyl (C=O) groups is 2. The van der Waals surface area contributed by atoms with Crippen molar-refractivity contribution in [2.45, 2.75) is 6.92 Å². The highest BCUT2D eigenvalue weighted by Gasteiger charge is 2.18. The highest BCUT2D eigenvalue weighted by molar-refractivity contribution is 14.1. The number of anilines is 2. The second-order valence-electron chi connectivity index (χ2n) is 4.78. The minimum absolute atomic E-state index is 0.0791. The topological polar surface area (TPSA) is 103 Å². The number of ketones is 1. The number of benzene rings is 1. The first-order valence-electron chi connectivity index (χ1n) is 6.91. The van der Waals surface area contributed by atoms with E-state index in [0.29, 0.717) is 0 Å². The molecule has 128 valence electrons. The largest absolute Gasteiger partial charge is 0.394 e. The Labute approximate surface area is 150 Å². The van der Waals surface area contributed by atoms with Gasteiger partial charge >= 0.3 is 0 Å². The standard InChI is InChI=1S/C15H15FIN3O4/c1-8(22)13-7-10(15(23)20-24-5-4-21)14(19-13)18-12-3-2-9(17)6-11(12)16/h2-3,6-7,18-19,21H,4-5H2,1H3,(H,20,23). The molecule has 4 N–H and O–H groups in total. The van der Waals surface area contributed by atoms with E-state index < -0.39 is 11.7 Å². The van der Waals surface area contributed by atoms with Gasteiger partial charge in [0.25, 0.3) is 5.91 Å². The number of Topliss-reactive ketones (excluding diaryl/α,β-unsaturated/α-hetero) is 1. The molecule has 2 rings (SSSR count). The summed E-state index contributed by atoms with van der Waals surface area (Å²) in [5, 5.41) is 11.4. The fourth-order valence-corrected chi connectivity index (χ4v) is 2.32. The molecule has 7 nitrogen and oxygen atoms in total. The van der Waals surface area contributed by atoms with E-state index in [-0.39, 0.29) is 41.8 Å². The lowest BCUT2D eigenvalue weighted by molar-refractivity contribution is 0.0169. The van der Waals surface area contributed by atoms with Gasteiger partial charge in [-0.25, -0.2) is 9.87 Å². The number of aromatic amines is 1. The van der Waals surface area contributed by atoms with Crippen molar-refractivity contribution in [1.29, 1.82) is 0 Å². The second kappa shape index (κ2) is 8.22. The van der Waals surface area contributed by atoms with Crippen LogP contribution in [-0.2, 0) is 4.84 Å². The zero-order chi connectivity index (χ0) is 17.7. The van der Waals surface area contributed by atoms with E-state index >= 15 is 0 Å². The molecule has 0 aliphatic carbocycles. The van der Waals surface area contributed by atoms with Crippen LogP contribution in [0.25, 0.3) is 0 Å². The molecule has 0 saturated carbocycles. The Balaban J connectivity index is 2.30. The summed E-state index contributed by atoms with van der Waals surface area (Å²) in [7, 11) is 0. The van der Waals surface area contributed by atoms with Crippen molar-refractivity contribution in [3.8, 4) is 0 Å². The van der Waals surface area contributed by atoms with Crippen molar-refractivity contribution in [3.05, 3.63) is 44.9 Å². The number of hydroxylamine groups is 1. The Kier molecular flexibility index (Phi) is 6.29. The Morgan fingerprint density at radius 3 is 2.75 bits per heavy atom. The summed E-state index contributed by atoms with van der Waals surface area (Å²) < 4.78 is 14.7. The smallest absolute Gasteiger partial charge is 0.278 e.